The van der Waals surface area contributed by atoms with E-state index in [0.29, 0.717) is 11.5 Å². The number of esters is 1. The fourth-order valence-corrected chi connectivity index (χ4v) is 2.23. The van der Waals surface area contributed by atoms with Crippen molar-refractivity contribution in [3.63, 3.8) is 0 Å². The van der Waals surface area contributed by atoms with Crippen molar-refractivity contribution in [3.05, 3.63) is 70.5 Å². The lowest BCUT2D eigenvalue weighted by atomic mass is 10.2. The molecule has 1 aromatic heterocycles. The Hall–Kier alpha value is -2.47. The SMILES string of the molecule is C[C@H](OC(=O)c1ccc(Br)cc1)c1nnc(-c2ccccc2)o1. The third-order valence-corrected chi connectivity index (χ3v) is 3.70. The van der Waals surface area contributed by atoms with Gasteiger partial charge in [0, 0.05) is 10.0 Å². The Morgan fingerprint density at radius 1 is 1.09 bits per heavy atom. The van der Waals surface area contributed by atoms with E-state index in [1.165, 1.54) is 0 Å². The summed E-state index contributed by atoms with van der Waals surface area (Å²) in [4.78, 5) is 12.1. The van der Waals surface area contributed by atoms with E-state index < -0.39 is 12.1 Å². The molecule has 0 spiro atoms. The maximum absolute atomic E-state index is 12.1. The predicted molar refractivity (Wildman–Crippen MR) is 87.7 cm³/mol. The molecular weight excluding hydrogens is 360 g/mol. The van der Waals surface area contributed by atoms with Crippen LogP contribution >= 0.6 is 15.9 Å². The van der Waals surface area contributed by atoms with Crippen LogP contribution in [0, 0.1) is 0 Å². The molecule has 23 heavy (non-hydrogen) atoms. The van der Waals surface area contributed by atoms with Crippen LogP contribution in [-0.4, -0.2) is 16.2 Å². The molecule has 116 valence electrons. The molecule has 0 amide bonds. The molecule has 0 fully saturated rings. The molecule has 1 atom stereocenters. The summed E-state index contributed by atoms with van der Waals surface area (Å²) >= 11 is 3.32. The number of hydrogen-bond acceptors (Lipinski definition) is 5. The highest BCUT2D eigenvalue weighted by molar-refractivity contribution is 9.10. The molecule has 0 saturated carbocycles. The predicted octanol–water partition coefficient (Wildman–Crippen LogP) is 4.42. The van der Waals surface area contributed by atoms with E-state index in [1.54, 1.807) is 31.2 Å². The zero-order valence-electron chi connectivity index (χ0n) is 12.3. The van der Waals surface area contributed by atoms with E-state index in [9.17, 15) is 4.79 Å². The number of halogens is 1. The second-order valence-corrected chi connectivity index (χ2v) is 5.78. The highest BCUT2D eigenvalue weighted by Gasteiger charge is 2.19. The van der Waals surface area contributed by atoms with Crippen molar-refractivity contribution in [2.75, 3.05) is 0 Å². The first-order valence-corrected chi connectivity index (χ1v) is 7.78. The second kappa shape index (κ2) is 6.75. The molecular formula is C17H13BrN2O3. The first kappa shape index (κ1) is 15.4. The molecule has 0 aliphatic rings. The number of ether oxygens (including phenoxy) is 1. The first-order valence-electron chi connectivity index (χ1n) is 6.99. The Bertz CT molecular complexity index is 800. The molecule has 3 rings (SSSR count). The molecule has 5 nitrogen and oxygen atoms in total. The van der Waals surface area contributed by atoms with Gasteiger partial charge in [0.1, 0.15) is 0 Å². The van der Waals surface area contributed by atoms with E-state index in [4.69, 9.17) is 9.15 Å². The Morgan fingerprint density at radius 3 is 2.48 bits per heavy atom. The Morgan fingerprint density at radius 2 is 1.78 bits per heavy atom. The number of rotatable bonds is 4. The summed E-state index contributed by atoms with van der Waals surface area (Å²) in [7, 11) is 0. The monoisotopic (exact) mass is 372 g/mol. The summed E-state index contributed by atoms with van der Waals surface area (Å²) in [6.45, 7) is 1.69. The van der Waals surface area contributed by atoms with E-state index in [1.807, 2.05) is 30.3 Å². The lowest BCUT2D eigenvalue weighted by molar-refractivity contribution is 0.0280. The van der Waals surface area contributed by atoms with E-state index in [-0.39, 0.29) is 5.89 Å². The van der Waals surface area contributed by atoms with Crippen LogP contribution in [0.1, 0.15) is 29.3 Å². The lowest BCUT2D eigenvalue weighted by Gasteiger charge is -2.09. The van der Waals surface area contributed by atoms with Crippen LogP contribution in [0.25, 0.3) is 11.5 Å². The number of aromatic nitrogens is 2. The van der Waals surface area contributed by atoms with Crippen molar-refractivity contribution in [3.8, 4) is 11.5 Å². The van der Waals surface area contributed by atoms with Gasteiger partial charge in [0.05, 0.1) is 5.56 Å². The smallest absolute Gasteiger partial charge is 0.338 e. The fraction of sp³-hybridized carbons (Fsp3) is 0.118. The Kier molecular flexibility index (Phi) is 4.52. The quantitative estimate of drug-likeness (QED) is 0.634. The molecule has 0 saturated heterocycles. The van der Waals surface area contributed by atoms with Crippen LogP contribution in [0.15, 0.2) is 63.5 Å². The Labute approximate surface area is 141 Å². The van der Waals surface area contributed by atoms with Crippen molar-refractivity contribution in [1.82, 2.24) is 10.2 Å². The van der Waals surface area contributed by atoms with Crippen molar-refractivity contribution in [2.45, 2.75) is 13.0 Å². The van der Waals surface area contributed by atoms with Crippen molar-refractivity contribution < 1.29 is 13.9 Å². The third-order valence-electron chi connectivity index (χ3n) is 3.17. The van der Waals surface area contributed by atoms with Crippen molar-refractivity contribution in [1.29, 1.82) is 0 Å². The van der Waals surface area contributed by atoms with Crippen LogP contribution in [0.3, 0.4) is 0 Å². The fourth-order valence-electron chi connectivity index (χ4n) is 1.96. The molecule has 6 heteroatoms. The van der Waals surface area contributed by atoms with Gasteiger partial charge in [-0.1, -0.05) is 34.1 Å². The molecule has 0 aliphatic carbocycles. The number of nitrogens with zero attached hydrogens (tertiary/aromatic N) is 2. The number of carbonyl (C=O) groups is 1. The van der Waals surface area contributed by atoms with Gasteiger partial charge in [0.2, 0.25) is 5.89 Å². The van der Waals surface area contributed by atoms with Gasteiger partial charge in [-0.05, 0) is 43.3 Å². The summed E-state index contributed by atoms with van der Waals surface area (Å²) in [5.41, 5.74) is 1.28. The standard InChI is InChI=1S/C17H13BrN2O3/c1-11(22-17(21)13-7-9-14(18)10-8-13)15-19-20-16(23-15)12-5-3-2-4-6-12/h2-11H,1H3/t11-/m0/s1. The summed E-state index contributed by atoms with van der Waals surface area (Å²) in [6.07, 6.45) is -0.629. The highest BCUT2D eigenvalue weighted by Crippen LogP contribution is 2.23. The van der Waals surface area contributed by atoms with Gasteiger partial charge >= 0.3 is 5.97 Å². The van der Waals surface area contributed by atoms with Crippen LogP contribution in [0.4, 0.5) is 0 Å². The minimum atomic E-state index is -0.629. The molecule has 2 aromatic carbocycles. The maximum atomic E-state index is 12.1. The largest absolute Gasteiger partial charge is 0.449 e. The van der Waals surface area contributed by atoms with Gasteiger partial charge in [0.15, 0.2) is 6.10 Å². The van der Waals surface area contributed by atoms with Gasteiger partial charge in [-0.3, -0.25) is 0 Å². The first-order chi connectivity index (χ1) is 11.1. The molecule has 1 heterocycles. The molecule has 3 aromatic rings. The normalized spacial score (nSPS) is 11.9. The maximum Gasteiger partial charge on any atom is 0.338 e. The average molecular weight is 373 g/mol. The topological polar surface area (TPSA) is 65.2 Å². The summed E-state index contributed by atoms with van der Waals surface area (Å²) in [6, 6.07) is 16.3. The summed E-state index contributed by atoms with van der Waals surface area (Å²) in [5, 5.41) is 7.94. The van der Waals surface area contributed by atoms with Crippen LogP contribution in [0.2, 0.25) is 0 Å². The number of hydrogen-bond donors (Lipinski definition) is 0. The van der Waals surface area contributed by atoms with E-state index in [2.05, 4.69) is 26.1 Å². The minimum absolute atomic E-state index is 0.259. The summed E-state index contributed by atoms with van der Waals surface area (Å²) in [5.74, 6) is 0.214. The second-order valence-electron chi connectivity index (χ2n) is 4.87. The third kappa shape index (κ3) is 3.65. The van der Waals surface area contributed by atoms with E-state index >= 15 is 0 Å². The zero-order chi connectivity index (χ0) is 16.2. The molecule has 0 radical (unpaired) electrons. The zero-order valence-corrected chi connectivity index (χ0v) is 13.9. The van der Waals surface area contributed by atoms with Crippen LogP contribution in [-0.2, 0) is 4.74 Å². The number of benzene rings is 2. The van der Waals surface area contributed by atoms with Crippen molar-refractivity contribution >= 4 is 21.9 Å². The molecule has 0 bridgehead atoms. The molecule has 0 aliphatic heterocycles. The van der Waals surface area contributed by atoms with Gasteiger partial charge < -0.3 is 9.15 Å². The molecule has 0 unspecified atom stereocenters. The number of carbonyl (C=O) groups excluding carboxylic acids is 1. The van der Waals surface area contributed by atoms with Crippen molar-refractivity contribution in [2.24, 2.45) is 0 Å². The average Bonchev–Trinajstić information content (AvgIpc) is 3.06. The van der Waals surface area contributed by atoms with Crippen LogP contribution in [0.5, 0.6) is 0 Å². The molecule has 0 N–H and O–H groups in total. The minimum Gasteiger partial charge on any atom is -0.449 e. The van der Waals surface area contributed by atoms with Crippen LogP contribution < -0.4 is 0 Å². The Balaban J connectivity index is 1.71. The highest BCUT2D eigenvalue weighted by atomic mass is 79.9. The summed E-state index contributed by atoms with van der Waals surface area (Å²) < 4.78 is 11.8. The van der Waals surface area contributed by atoms with E-state index in [0.717, 1.165) is 10.0 Å². The van der Waals surface area contributed by atoms with Gasteiger partial charge in [-0.25, -0.2) is 4.79 Å². The van der Waals surface area contributed by atoms with Gasteiger partial charge in [-0.15, -0.1) is 10.2 Å². The van der Waals surface area contributed by atoms with Gasteiger partial charge in [0.25, 0.3) is 5.89 Å². The lowest BCUT2D eigenvalue weighted by Crippen LogP contribution is -2.09. The van der Waals surface area contributed by atoms with Gasteiger partial charge in [-0.2, -0.15) is 0 Å².